The van der Waals surface area contributed by atoms with Crippen molar-refractivity contribution in [3.63, 3.8) is 0 Å². The topological polar surface area (TPSA) is 59.0 Å². The van der Waals surface area contributed by atoms with Gasteiger partial charge in [-0.25, -0.2) is 0 Å². The van der Waals surface area contributed by atoms with Crippen molar-refractivity contribution in [1.82, 2.24) is 5.16 Å². The van der Waals surface area contributed by atoms with Crippen molar-refractivity contribution in [3.8, 4) is 11.8 Å². The van der Waals surface area contributed by atoms with Gasteiger partial charge in [-0.3, -0.25) is 0 Å². The molecule has 2 rings (SSSR count). The third kappa shape index (κ3) is 3.39. The summed E-state index contributed by atoms with van der Waals surface area (Å²) in [4.78, 5) is 0. The normalized spacial score (nSPS) is 11.8. The van der Waals surface area contributed by atoms with Gasteiger partial charge in [0.25, 0.3) is 0 Å². The van der Waals surface area contributed by atoms with Gasteiger partial charge in [0.15, 0.2) is 0 Å². The summed E-state index contributed by atoms with van der Waals surface area (Å²) in [6.07, 6.45) is 1.56. The summed E-state index contributed by atoms with van der Waals surface area (Å²) in [5.74, 6) is 1.41. The zero-order chi connectivity index (χ0) is 14.4. The van der Waals surface area contributed by atoms with Crippen molar-refractivity contribution in [3.05, 3.63) is 47.3 Å². The summed E-state index contributed by atoms with van der Waals surface area (Å²) in [6, 6.07) is 12.0. The first-order valence-corrected chi connectivity index (χ1v) is 6.72. The maximum atomic E-state index is 9.30. The number of aromatic nitrogens is 1. The molecule has 20 heavy (non-hydrogen) atoms. The van der Waals surface area contributed by atoms with Crippen LogP contribution in [0.3, 0.4) is 0 Å². The van der Waals surface area contributed by atoms with E-state index in [4.69, 9.17) is 9.26 Å². The van der Waals surface area contributed by atoms with Gasteiger partial charge in [0.1, 0.15) is 11.5 Å². The zero-order valence-electron chi connectivity index (χ0n) is 11.8. The molecule has 104 valence electrons. The molecule has 0 radical (unpaired) electrons. The molecule has 0 aliphatic rings. The summed E-state index contributed by atoms with van der Waals surface area (Å²) >= 11 is 0. The highest BCUT2D eigenvalue weighted by atomic mass is 16.5. The number of aryl methyl sites for hydroxylation is 2. The molecule has 0 amide bonds. The van der Waals surface area contributed by atoms with Crippen molar-refractivity contribution in [2.24, 2.45) is 0 Å². The maximum Gasteiger partial charge on any atom is 0.138 e. The van der Waals surface area contributed by atoms with Crippen molar-refractivity contribution in [2.75, 3.05) is 6.61 Å². The largest absolute Gasteiger partial charge is 0.494 e. The lowest BCUT2D eigenvalue weighted by Crippen LogP contribution is -2.03. The SMILES string of the molecule is Cc1noc(C)c1C(C#N)CCCOc1ccccc1. The van der Waals surface area contributed by atoms with E-state index in [0.717, 1.165) is 35.6 Å². The van der Waals surface area contributed by atoms with Gasteiger partial charge in [-0.2, -0.15) is 5.26 Å². The van der Waals surface area contributed by atoms with Crippen LogP contribution in [0.25, 0.3) is 0 Å². The third-order valence-electron chi connectivity index (χ3n) is 3.24. The monoisotopic (exact) mass is 270 g/mol. The maximum absolute atomic E-state index is 9.30. The Kier molecular flexibility index (Phi) is 4.78. The van der Waals surface area contributed by atoms with E-state index in [1.165, 1.54) is 0 Å². The molecule has 1 atom stereocenters. The van der Waals surface area contributed by atoms with Gasteiger partial charge in [0.05, 0.1) is 24.3 Å². The summed E-state index contributed by atoms with van der Waals surface area (Å²) in [5, 5.41) is 13.2. The van der Waals surface area contributed by atoms with Crippen LogP contribution < -0.4 is 4.74 Å². The Labute approximate surface area is 119 Å². The first kappa shape index (κ1) is 14.1. The number of rotatable bonds is 6. The van der Waals surface area contributed by atoms with Gasteiger partial charge in [0, 0.05) is 5.56 Å². The summed E-state index contributed by atoms with van der Waals surface area (Å²) in [5.41, 5.74) is 1.73. The average Bonchev–Trinajstić information content (AvgIpc) is 2.80. The first-order chi connectivity index (χ1) is 9.72. The fourth-order valence-corrected chi connectivity index (χ4v) is 2.26. The van der Waals surface area contributed by atoms with Gasteiger partial charge >= 0.3 is 0 Å². The number of benzene rings is 1. The van der Waals surface area contributed by atoms with E-state index < -0.39 is 0 Å². The standard InChI is InChI=1S/C16H18N2O2/c1-12-16(13(2)20-18-12)14(11-17)7-6-10-19-15-8-4-3-5-9-15/h3-5,8-9,14H,6-7,10H2,1-2H3. The molecule has 0 saturated carbocycles. The molecule has 1 unspecified atom stereocenters. The van der Waals surface area contributed by atoms with Crippen LogP contribution in [0.5, 0.6) is 5.75 Å². The molecule has 0 saturated heterocycles. The van der Waals surface area contributed by atoms with Crippen molar-refractivity contribution >= 4 is 0 Å². The van der Waals surface area contributed by atoms with E-state index >= 15 is 0 Å². The molecule has 0 fully saturated rings. The molecule has 1 heterocycles. The molecule has 1 aromatic heterocycles. The molecular weight excluding hydrogens is 252 g/mol. The highest BCUT2D eigenvalue weighted by molar-refractivity contribution is 5.30. The van der Waals surface area contributed by atoms with E-state index in [1.807, 2.05) is 44.2 Å². The summed E-state index contributed by atoms with van der Waals surface area (Å²) in [7, 11) is 0. The third-order valence-corrected chi connectivity index (χ3v) is 3.24. The van der Waals surface area contributed by atoms with Crippen LogP contribution in [0.1, 0.15) is 35.8 Å². The minimum Gasteiger partial charge on any atom is -0.494 e. The molecule has 1 aromatic carbocycles. The van der Waals surface area contributed by atoms with Crippen LogP contribution in [0.15, 0.2) is 34.9 Å². The number of nitriles is 1. The molecule has 0 N–H and O–H groups in total. The van der Waals surface area contributed by atoms with Crippen LogP contribution >= 0.6 is 0 Å². The summed E-state index contributed by atoms with van der Waals surface area (Å²) < 4.78 is 10.8. The zero-order valence-corrected chi connectivity index (χ0v) is 11.8. The van der Waals surface area contributed by atoms with Crippen molar-refractivity contribution in [2.45, 2.75) is 32.6 Å². The Hall–Kier alpha value is -2.28. The highest BCUT2D eigenvalue weighted by Crippen LogP contribution is 2.26. The van der Waals surface area contributed by atoms with Gasteiger partial charge < -0.3 is 9.26 Å². The van der Waals surface area contributed by atoms with E-state index in [9.17, 15) is 5.26 Å². The van der Waals surface area contributed by atoms with Crippen molar-refractivity contribution in [1.29, 1.82) is 5.26 Å². The number of hydrogen-bond acceptors (Lipinski definition) is 4. The van der Waals surface area contributed by atoms with Crippen molar-refractivity contribution < 1.29 is 9.26 Å². The number of nitrogens with zero attached hydrogens (tertiary/aromatic N) is 2. The number of ether oxygens (including phenoxy) is 1. The lowest BCUT2D eigenvalue weighted by Gasteiger charge is -2.09. The first-order valence-electron chi connectivity index (χ1n) is 6.72. The van der Waals surface area contributed by atoms with E-state index in [-0.39, 0.29) is 5.92 Å². The van der Waals surface area contributed by atoms with Crippen LogP contribution in [0.4, 0.5) is 0 Å². The molecule has 0 spiro atoms. The molecule has 4 nitrogen and oxygen atoms in total. The van der Waals surface area contributed by atoms with E-state index in [2.05, 4.69) is 11.2 Å². The molecule has 0 aliphatic carbocycles. The Morgan fingerprint density at radius 2 is 2.05 bits per heavy atom. The fourth-order valence-electron chi connectivity index (χ4n) is 2.26. The van der Waals surface area contributed by atoms with Crippen LogP contribution in [0.2, 0.25) is 0 Å². The highest BCUT2D eigenvalue weighted by Gasteiger charge is 2.19. The Morgan fingerprint density at radius 3 is 2.65 bits per heavy atom. The quantitative estimate of drug-likeness (QED) is 0.750. The van der Waals surface area contributed by atoms with Crippen LogP contribution in [-0.4, -0.2) is 11.8 Å². The molecule has 0 bridgehead atoms. The predicted molar refractivity (Wildman–Crippen MR) is 75.5 cm³/mol. The van der Waals surface area contributed by atoms with E-state index in [0.29, 0.717) is 6.61 Å². The second-order valence-corrected chi connectivity index (χ2v) is 4.72. The molecule has 4 heteroatoms. The predicted octanol–water partition coefficient (Wildman–Crippen LogP) is 3.76. The Bertz CT molecular complexity index is 565. The molecule has 2 aromatic rings. The number of hydrogen-bond donors (Lipinski definition) is 0. The number of para-hydroxylation sites is 1. The van der Waals surface area contributed by atoms with Gasteiger partial charge in [-0.15, -0.1) is 0 Å². The Balaban J connectivity index is 1.85. The van der Waals surface area contributed by atoms with Gasteiger partial charge in [0.2, 0.25) is 0 Å². The Morgan fingerprint density at radius 1 is 1.30 bits per heavy atom. The van der Waals surface area contributed by atoms with Crippen LogP contribution in [0, 0.1) is 25.2 Å². The second-order valence-electron chi connectivity index (χ2n) is 4.72. The fraction of sp³-hybridized carbons (Fsp3) is 0.375. The minimum atomic E-state index is -0.180. The lowest BCUT2D eigenvalue weighted by atomic mass is 9.94. The van der Waals surface area contributed by atoms with Crippen LogP contribution in [-0.2, 0) is 0 Å². The molecular formula is C16H18N2O2. The minimum absolute atomic E-state index is 0.180. The second kappa shape index (κ2) is 6.76. The van der Waals surface area contributed by atoms with E-state index in [1.54, 1.807) is 0 Å². The summed E-state index contributed by atoms with van der Waals surface area (Å²) in [6.45, 7) is 4.32. The molecule has 0 aliphatic heterocycles. The van der Waals surface area contributed by atoms with Gasteiger partial charge in [-0.1, -0.05) is 23.4 Å². The average molecular weight is 270 g/mol. The van der Waals surface area contributed by atoms with Gasteiger partial charge in [-0.05, 0) is 38.8 Å². The smallest absolute Gasteiger partial charge is 0.138 e. The lowest BCUT2D eigenvalue weighted by molar-refractivity contribution is 0.304.